The molecule has 0 aromatic heterocycles. The van der Waals surface area contributed by atoms with Crippen molar-refractivity contribution in [1.29, 1.82) is 0 Å². The maximum absolute atomic E-state index is 13.3. The van der Waals surface area contributed by atoms with Gasteiger partial charge in [0.15, 0.2) is 18.1 Å². The summed E-state index contributed by atoms with van der Waals surface area (Å²) >= 11 is 0. The molecule has 1 aliphatic rings. The molecule has 0 aliphatic carbocycles. The largest absolute Gasteiger partial charge is 0.478 e. The van der Waals surface area contributed by atoms with Crippen LogP contribution in [0.1, 0.15) is 29.6 Å². The summed E-state index contributed by atoms with van der Waals surface area (Å²) in [5.41, 5.74) is -0.274. The van der Waals surface area contributed by atoms with Crippen LogP contribution in [0, 0.1) is 15.9 Å². The van der Waals surface area contributed by atoms with E-state index in [4.69, 9.17) is 4.74 Å². The van der Waals surface area contributed by atoms with Crippen molar-refractivity contribution in [3.63, 3.8) is 0 Å². The Morgan fingerprint density at radius 1 is 1.10 bits per heavy atom. The quantitative estimate of drug-likeness (QED) is 0.385. The van der Waals surface area contributed by atoms with Gasteiger partial charge in [-0.1, -0.05) is 6.42 Å². The van der Waals surface area contributed by atoms with E-state index >= 15 is 0 Å². The molecule has 0 saturated carbocycles. The number of sulfonamides is 1. The van der Waals surface area contributed by atoms with E-state index in [-0.39, 0.29) is 16.2 Å². The maximum Gasteiger partial charge on any atom is 0.311 e. The standard InChI is InChI=1S/C19H19FN2O6S/c20-15-6-9-17(22(24)25)19(12-15)28-13-18(23)14-4-7-16(8-5-14)29(26,27)21-10-2-1-3-11-21/h4-9,12H,1-3,10-11,13H2. The summed E-state index contributed by atoms with van der Waals surface area (Å²) in [4.78, 5) is 22.6. The first-order chi connectivity index (χ1) is 13.8. The molecule has 1 saturated heterocycles. The van der Waals surface area contributed by atoms with E-state index < -0.39 is 38.8 Å². The minimum absolute atomic E-state index is 0.0950. The van der Waals surface area contributed by atoms with Crippen LogP contribution in [0.25, 0.3) is 0 Å². The number of nitrogens with zero attached hydrogens (tertiary/aromatic N) is 2. The van der Waals surface area contributed by atoms with Crippen LogP contribution in [0.15, 0.2) is 47.4 Å². The third-order valence-electron chi connectivity index (χ3n) is 4.61. The van der Waals surface area contributed by atoms with Gasteiger partial charge in [0.05, 0.1) is 9.82 Å². The van der Waals surface area contributed by atoms with E-state index in [9.17, 15) is 27.7 Å². The molecule has 0 atom stereocenters. The molecule has 10 heteroatoms. The average molecular weight is 422 g/mol. The fourth-order valence-electron chi connectivity index (χ4n) is 3.05. The first-order valence-corrected chi connectivity index (χ1v) is 10.4. The lowest BCUT2D eigenvalue weighted by Crippen LogP contribution is -2.35. The van der Waals surface area contributed by atoms with E-state index in [0.29, 0.717) is 13.1 Å². The first kappa shape index (κ1) is 20.9. The Kier molecular flexibility index (Phi) is 6.23. The molecule has 29 heavy (non-hydrogen) atoms. The number of ketones is 1. The van der Waals surface area contributed by atoms with Crippen molar-refractivity contribution in [2.75, 3.05) is 19.7 Å². The number of nitro benzene ring substituents is 1. The highest BCUT2D eigenvalue weighted by atomic mass is 32.2. The van der Waals surface area contributed by atoms with Crippen LogP contribution in [0.2, 0.25) is 0 Å². The summed E-state index contributed by atoms with van der Waals surface area (Å²) < 4.78 is 45.1. The van der Waals surface area contributed by atoms with Gasteiger partial charge in [-0.05, 0) is 43.2 Å². The molecular weight excluding hydrogens is 403 g/mol. The minimum atomic E-state index is -3.61. The summed E-state index contributed by atoms with van der Waals surface area (Å²) in [7, 11) is -3.61. The number of piperidine rings is 1. The number of ether oxygens (including phenoxy) is 1. The smallest absolute Gasteiger partial charge is 0.311 e. The highest BCUT2D eigenvalue weighted by Gasteiger charge is 2.26. The van der Waals surface area contributed by atoms with Crippen molar-refractivity contribution >= 4 is 21.5 Å². The zero-order chi connectivity index (χ0) is 21.0. The van der Waals surface area contributed by atoms with Crippen LogP contribution in [0.4, 0.5) is 10.1 Å². The summed E-state index contributed by atoms with van der Waals surface area (Å²) in [5.74, 6) is -1.61. The van der Waals surface area contributed by atoms with Crippen LogP contribution in [0.3, 0.4) is 0 Å². The number of hydrogen-bond donors (Lipinski definition) is 0. The molecule has 0 radical (unpaired) electrons. The van der Waals surface area contributed by atoms with Gasteiger partial charge < -0.3 is 4.74 Å². The monoisotopic (exact) mass is 422 g/mol. The number of carbonyl (C=O) groups is 1. The van der Waals surface area contributed by atoms with E-state index in [2.05, 4.69) is 0 Å². The van der Waals surface area contributed by atoms with E-state index in [1.807, 2.05) is 0 Å². The van der Waals surface area contributed by atoms with Crippen LogP contribution in [-0.2, 0) is 10.0 Å². The lowest BCUT2D eigenvalue weighted by atomic mass is 10.1. The van der Waals surface area contributed by atoms with Crippen LogP contribution in [-0.4, -0.2) is 43.1 Å². The van der Waals surface area contributed by atoms with Crippen molar-refractivity contribution in [3.8, 4) is 5.75 Å². The molecule has 1 heterocycles. The fourth-order valence-corrected chi connectivity index (χ4v) is 4.57. The summed E-state index contributed by atoms with van der Waals surface area (Å²) in [6.07, 6.45) is 2.64. The molecule has 1 aliphatic heterocycles. The fraction of sp³-hybridized carbons (Fsp3) is 0.316. The molecule has 2 aromatic carbocycles. The Bertz CT molecular complexity index is 1020. The molecule has 154 valence electrons. The van der Waals surface area contributed by atoms with E-state index in [1.54, 1.807) is 0 Å². The van der Waals surface area contributed by atoms with Crippen LogP contribution >= 0.6 is 0 Å². The van der Waals surface area contributed by atoms with Crippen molar-refractivity contribution in [2.45, 2.75) is 24.2 Å². The maximum atomic E-state index is 13.3. The van der Waals surface area contributed by atoms with Gasteiger partial charge in [0.1, 0.15) is 5.82 Å². The topological polar surface area (TPSA) is 107 Å². The third kappa shape index (κ3) is 4.77. The van der Waals surface area contributed by atoms with E-state index in [1.165, 1.54) is 28.6 Å². The number of hydrogen-bond acceptors (Lipinski definition) is 6. The Hall–Kier alpha value is -2.85. The SMILES string of the molecule is O=C(COc1cc(F)ccc1[N+](=O)[O-])c1ccc(S(=O)(=O)N2CCCCC2)cc1. The Morgan fingerprint density at radius 3 is 2.38 bits per heavy atom. The van der Waals surface area contributed by atoms with Gasteiger partial charge in [0.25, 0.3) is 0 Å². The van der Waals surface area contributed by atoms with Gasteiger partial charge in [-0.3, -0.25) is 14.9 Å². The summed E-state index contributed by atoms with van der Waals surface area (Å²) in [5, 5.41) is 11.0. The Balaban J connectivity index is 1.70. The summed E-state index contributed by atoms with van der Waals surface area (Å²) in [6, 6.07) is 8.14. The molecule has 0 unspecified atom stereocenters. The second-order valence-corrected chi connectivity index (χ2v) is 8.51. The normalized spacial score (nSPS) is 15.1. The van der Waals surface area contributed by atoms with Gasteiger partial charge in [0, 0.05) is 30.8 Å². The van der Waals surface area contributed by atoms with Gasteiger partial charge >= 0.3 is 5.69 Å². The lowest BCUT2D eigenvalue weighted by molar-refractivity contribution is -0.385. The number of rotatable bonds is 7. The number of carbonyl (C=O) groups excluding carboxylic acids is 1. The molecule has 1 fully saturated rings. The summed E-state index contributed by atoms with van der Waals surface area (Å²) in [6.45, 7) is 0.398. The molecule has 8 nitrogen and oxygen atoms in total. The number of halogens is 1. The minimum Gasteiger partial charge on any atom is -0.478 e. The lowest BCUT2D eigenvalue weighted by Gasteiger charge is -2.25. The second-order valence-electron chi connectivity index (χ2n) is 6.57. The van der Waals surface area contributed by atoms with Gasteiger partial charge in [-0.25, -0.2) is 12.8 Å². The Labute approximate surface area is 167 Å². The van der Waals surface area contributed by atoms with Crippen LogP contribution in [0.5, 0.6) is 5.75 Å². The zero-order valence-corrected chi connectivity index (χ0v) is 16.2. The molecule has 0 N–H and O–H groups in total. The zero-order valence-electron chi connectivity index (χ0n) is 15.4. The van der Waals surface area contributed by atoms with Crippen molar-refractivity contribution in [1.82, 2.24) is 4.31 Å². The third-order valence-corrected chi connectivity index (χ3v) is 6.52. The van der Waals surface area contributed by atoms with Gasteiger partial charge in [0.2, 0.25) is 10.0 Å². The van der Waals surface area contributed by atoms with Crippen molar-refractivity contribution in [3.05, 3.63) is 64.0 Å². The Morgan fingerprint density at radius 2 is 1.76 bits per heavy atom. The first-order valence-electron chi connectivity index (χ1n) is 8.99. The predicted octanol–water partition coefficient (Wildman–Crippen LogP) is 3.17. The van der Waals surface area contributed by atoms with E-state index in [0.717, 1.165) is 37.5 Å². The average Bonchev–Trinajstić information content (AvgIpc) is 2.72. The molecule has 3 rings (SSSR count). The molecule has 0 spiro atoms. The predicted molar refractivity (Wildman–Crippen MR) is 102 cm³/mol. The number of nitro groups is 1. The van der Waals surface area contributed by atoms with Gasteiger partial charge in [-0.2, -0.15) is 4.31 Å². The molecule has 0 bridgehead atoms. The van der Waals surface area contributed by atoms with Gasteiger partial charge in [-0.15, -0.1) is 0 Å². The van der Waals surface area contributed by atoms with Crippen LogP contribution < -0.4 is 4.74 Å². The van der Waals surface area contributed by atoms with Crippen molar-refractivity contribution in [2.24, 2.45) is 0 Å². The molecular formula is C19H19FN2O6S. The second kappa shape index (κ2) is 8.66. The highest BCUT2D eigenvalue weighted by Crippen LogP contribution is 2.27. The molecule has 2 aromatic rings. The highest BCUT2D eigenvalue weighted by molar-refractivity contribution is 7.89. The number of Topliss-reactive ketones (excluding diaryl/α,β-unsaturated/α-hetero) is 1. The van der Waals surface area contributed by atoms with Crippen molar-refractivity contribution < 1.29 is 27.3 Å². The number of benzene rings is 2. The molecule has 0 amide bonds.